The Labute approximate surface area is 108 Å². The number of ether oxygens (including phenoxy) is 2. The van der Waals surface area contributed by atoms with Crippen LogP contribution in [0.25, 0.3) is 0 Å². The number of aryl methyl sites for hydroxylation is 1. The molecule has 0 spiro atoms. The van der Waals surface area contributed by atoms with E-state index >= 15 is 0 Å². The molecule has 0 saturated heterocycles. The predicted molar refractivity (Wildman–Crippen MR) is 71.4 cm³/mol. The number of methoxy groups -OCH3 is 2. The van der Waals surface area contributed by atoms with Crippen LogP contribution in [0, 0.1) is 0 Å². The number of nitrogens with two attached hydrogens (primary N) is 1. The van der Waals surface area contributed by atoms with Crippen molar-refractivity contribution in [1.29, 1.82) is 0 Å². The second kappa shape index (κ2) is 8.03. The van der Waals surface area contributed by atoms with Gasteiger partial charge in [-0.15, -0.1) is 4.52 Å². The van der Waals surface area contributed by atoms with Crippen LogP contribution in [-0.4, -0.2) is 33.6 Å². The Hall–Kier alpha value is -1.16. The molecule has 1 rings (SSSR count). The first kappa shape index (κ1) is 14.9. The summed E-state index contributed by atoms with van der Waals surface area (Å²) in [5.41, 5.74) is 7.34. The molecular weight excluding hydrogens is 253 g/mol. The maximum absolute atomic E-state index is 11.5. The zero-order chi connectivity index (χ0) is 13.4. The summed E-state index contributed by atoms with van der Waals surface area (Å²) in [4.78, 5) is 0. The standard InChI is InChI=1S/C12H19NO4P/c1-15-6-7-17-18(14)8-5-10-3-4-11(13)12(9-10)16-2/h3-4,9H,5-8,13H2,1-2H3/q+1. The lowest BCUT2D eigenvalue weighted by Crippen LogP contribution is -1.99. The van der Waals surface area contributed by atoms with Crippen LogP contribution in [0.5, 0.6) is 5.75 Å². The SMILES string of the molecule is COCCO[P+](=O)CCc1ccc(N)c(OC)c1. The van der Waals surface area contributed by atoms with Crippen molar-refractivity contribution < 1.29 is 18.6 Å². The highest BCUT2D eigenvalue weighted by Crippen LogP contribution is 2.26. The zero-order valence-electron chi connectivity index (χ0n) is 10.7. The van der Waals surface area contributed by atoms with Gasteiger partial charge in [0.1, 0.15) is 12.4 Å². The molecule has 0 aliphatic heterocycles. The van der Waals surface area contributed by atoms with Gasteiger partial charge in [0.05, 0.1) is 19.4 Å². The summed E-state index contributed by atoms with van der Waals surface area (Å²) in [6.45, 7) is 0.813. The lowest BCUT2D eigenvalue weighted by Gasteiger charge is -2.05. The van der Waals surface area contributed by atoms with Crippen molar-refractivity contribution in [2.75, 3.05) is 39.3 Å². The maximum atomic E-state index is 11.5. The summed E-state index contributed by atoms with van der Waals surface area (Å²) in [6.07, 6.45) is 1.14. The summed E-state index contributed by atoms with van der Waals surface area (Å²) in [7, 11) is 1.51. The third-order valence-corrected chi connectivity index (χ3v) is 3.46. The Kier molecular flexibility index (Phi) is 6.65. The third kappa shape index (κ3) is 5.00. The summed E-state index contributed by atoms with van der Waals surface area (Å²) in [6, 6.07) is 5.54. The summed E-state index contributed by atoms with van der Waals surface area (Å²) in [5.74, 6) is 0.642. The average Bonchev–Trinajstić information content (AvgIpc) is 2.38. The van der Waals surface area contributed by atoms with Gasteiger partial charge in [0.25, 0.3) is 0 Å². The highest BCUT2D eigenvalue weighted by Gasteiger charge is 2.17. The van der Waals surface area contributed by atoms with E-state index in [1.54, 1.807) is 20.3 Å². The van der Waals surface area contributed by atoms with Crippen LogP contribution in [-0.2, 0) is 20.2 Å². The molecule has 6 heteroatoms. The molecule has 1 atom stereocenters. The minimum absolute atomic E-state index is 0.358. The van der Waals surface area contributed by atoms with E-state index in [1.165, 1.54) is 0 Å². The van der Waals surface area contributed by atoms with Gasteiger partial charge in [-0.3, -0.25) is 0 Å². The first-order chi connectivity index (χ1) is 8.67. The summed E-state index contributed by atoms with van der Waals surface area (Å²) in [5, 5.41) is 0. The molecule has 1 aromatic rings. The molecule has 0 aliphatic rings. The molecule has 0 heterocycles. The van der Waals surface area contributed by atoms with Crippen LogP contribution in [0.4, 0.5) is 5.69 Å². The van der Waals surface area contributed by atoms with Crippen LogP contribution < -0.4 is 10.5 Å². The van der Waals surface area contributed by atoms with Crippen LogP contribution in [0.15, 0.2) is 18.2 Å². The van der Waals surface area contributed by atoms with Crippen LogP contribution >= 0.6 is 8.03 Å². The highest BCUT2D eigenvalue weighted by molar-refractivity contribution is 7.39. The number of rotatable bonds is 8. The Bertz CT molecular complexity index is 398. The molecule has 0 saturated carbocycles. The van der Waals surface area contributed by atoms with E-state index in [-0.39, 0.29) is 0 Å². The fraction of sp³-hybridized carbons (Fsp3) is 0.500. The van der Waals surface area contributed by atoms with E-state index in [9.17, 15) is 4.57 Å². The predicted octanol–water partition coefficient (Wildman–Crippen LogP) is 2.23. The summed E-state index contributed by atoms with van der Waals surface area (Å²) >= 11 is 0. The van der Waals surface area contributed by atoms with Gasteiger partial charge in [0, 0.05) is 13.5 Å². The van der Waals surface area contributed by atoms with Crippen molar-refractivity contribution in [2.24, 2.45) is 0 Å². The topological polar surface area (TPSA) is 70.8 Å². The van der Waals surface area contributed by atoms with Crippen molar-refractivity contribution >= 4 is 13.7 Å². The fourth-order valence-corrected chi connectivity index (χ4v) is 2.27. The minimum atomic E-state index is -1.64. The third-order valence-electron chi connectivity index (χ3n) is 2.40. The van der Waals surface area contributed by atoms with Gasteiger partial charge in [0.15, 0.2) is 6.16 Å². The molecule has 2 N–H and O–H groups in total. The number of hydrogen-bond acceptors (Lipinski definition) is 5. The normalized spacial score (nSPS) is 11.3. The van der Waals surface area contributed by atoms with Crippen molar-refractivity contribution in [3.05, 3.63) is 23.8 Å². The van der Waals surface area contributed by atoms with E-state index in [0.29, 0.717) is 37.2 Å². The smallest absolute Gasteiger partial charge is 0.495 e. The number of anilines is 1. The summed E-state index contributed by atoms with van der Waals surface area (Å²) < 4.78 is 26.6. The molecule has 1 unspecified atom stereocenters. The number of benzene rings is 1. The van der Waals surface area contributed by atoms with Gasteiger partial charge in [-0.1, -0.05) is 6.07 Å². The Morgan fingerprint density at radius 2 is 2.06 bits per heavy atom. The second-order valence-corrected chi connectivity index (χ2v) is 5.08. The number of nitrogen functional groups attached to an aromatic ring is 1. The largest absolute Gasteiger partial charge is 0.508 e. The van der Waals surface area contributed by atoms with Crippen molar-refractivity contribution in [2.45, 2.75) is 6.42 Å². The maximum Gasteiger partial charge on any atom is 0.508 e. The van der Waals surface area contributed by atoms with E-state index in [1.807, 2.05) is 12.1 Å². The molecule has 100 valence electrons. The van der Waals surface area contributed by atoms with E-state index < -0.39 is 8.03 Å². The monoisotopic (exact) mass is 272 g/mol. The first-order valence-electron chi connectivity index (χ1n) is 5.66. The first-order valence-corrected chi connectivity index (χ1v) is 7.02. The van der Waals surface area contributed by atoms with Gasteiger partial charge < -0.3 is 15.2 Å². The Morgan fingerprint density at radius 3 is 2.72 bits per heavy atom. The molecule has 0 amide bonds. The van der Waals surface area contributed by atoms with Gasteiger partial charge in [-0.2, -0.15) is 0 Å². The lowest BCUT2D eigenvalue weighted by atomic mass is 10.1. The van der Waals surface area contributed by atoms with Gasteiger partial charge in [-0.25, -0.2) is 0 Å². The quantitative estimate of drug-likeness (QED) is 0.446. The van der Waals surface area contributed by atoms with E-state index in [0.717, 1.165) is 5.56 Å². The van der Waals surface area contributed by atoms with E-state index in [4.69, 9.17) is 19.7 Å². The van der Waals surface area contributed by atoms with Gasteiger partial charge in [0.2, 0.25) is 0 Å². The lowest BCUT2D eigenvalue weighted by molar-refractivity contribution is 0.150. The van der Waals surface area contributed by atoms with Crippen LogP contribution in [0.2, 0.25) is 0 Å². The van der Waals surface area contributed by atoms with Gasteiger partial charge >= 0.3 is 8.03 Å². The fourth-order valence-electron chi connectivity index (χ4n) is 1.42. The van der Waals surface area contributed by atoms with Crippen molar-refractivity contribution in [1.82, 2.24) is 0 Å². The molecule has 5 nitrogen and oxygen atoms in total. The van der Waals surface area contributed by atoms with E-state index in [2.05, 4.69) is 0 Å². The van der Waals surface area contributed by atoms with Crippen molar-refractivity contribution in [3.63, 3.8) is 0 Å². The molecule has 0 aromatic heterocycles. The minimum Gasteiger partial charge on any atom is -0.495 e. The van der Waals surface area contributed by atoms with Crippen LogP contribution in [0.1, 0.15) is 5.56 Å². The average molecular weight is 272 g/mol. The molecule has 18 heavy (non-hydrogen) atoms. The molecule has 0 radical (unpaired) electrons. The molecule has 0 bridgehead atoms. The molecular formula is C12H19NO4P+. The zero-order valence-corrected chi connectivity index (χ0v) is 11.6. The highest BCUT2D eigenvalue weighted by atomic mass is 31.1. The molecule has 0 aliphatic carbocycles. The Morgan fingerprint density at radius 1 is 1.28 bits per heavy atom. The number of hydrogen-bond donors (Lipinski definition) is 1. The van der Waals surface area contributed by atoms with Crippen LogP contribution in [0.3, 0.4) is 0 Å². The van der Waals surface area contributed by atoms with Crippen molar-refractivity contribution in [3.8, 4) is 5.75 Å². The molecule has 1 aromatic carbocycles. The second-order valence-electron chi connectivity index (χ2n) is 3.71. The Balaban J connectivity index is 2.41. The van der Waals surface area contributed by atoms with Gasteiger partial charge in [-0.05, 0) is 22.3 Å². The molecule has 0 fully saturated rings.